The second kappa shape index (κ2) is 6.59. The lowest BCUT2D eigenvalue weighted by Crippen LogP contribution is -2.41. The average Bonchev–Trinajstić information content (AvgIpc) is 2.83. The molecular formula is C15H18N2O5. The van der Waals surface area contributed by atoms with Gasteiger partial charge < -0.3 is 14.6 Å². The highest BCUT2D eigenvalue weighted by atomic mass is 16.5. The molecule has 0 aromatic heterocycles. The maximum absolute atomic E-state index is 11.8. The van der Waals surface area contributed by atoms with Crippen molar-refractivity contribution >= 4 is 11.9 Å². The van der Waals surface area contributed by atoms with Gasteiger partial charge in [0, 0.05) is 24.8 Å². The number of hydrogen-bond acceptors (Lipinski definition) is 6. The van der Waals surface area contributed by atoms with E-state index in [-0.39, 0.29) is 6.04 Å². The van der Waals surface area contributed by atoms with E-state index in [1.54, 1.807) is 20.2 Å². The number of carbonyl (C=O) groups excluding carboxylic acids is 1. The van der Waals surface area contributed by atoms with Gasteiger partial charge in [-0.05, 0) is 24.1 Å². The molecule has 2 atom stereocenters. The number of carboxylic acid groups (broad SMARTS) is 1. The monoisotopic (exact) mass is 306 g/mol. The van der Waals surface area contributed by atoms with Crippen molar-refractivity contribution < 1.29 is 24.2 Å². The van der Waals surface area contributed by atoms with Crippen molar-refractivity contribution in [1.29, 1.82) is 0 Å². The fourth-order valence-corrected chi connectivity index (χ4v) is 2.49. The number of fused-ring (bicyclic) bond motifs is 1. The topological polar surface area (TPSA) is 102 Å². The average molecular weight is 306 g/mol. The minimum Gasteiger partial charge on any atom is -0.497 e. The fraction of sp³-hybridized carbons (Fsp3) is 0.333. The zero-order valence-electron chi connectivity index (χ0n) is 12.4. The summed E-state index contributed by atoms with van der Waals surface area (Å²) in [5.74, 6) is 4.55. The van der Waals surface area contributed by atoms with Gasteiger partial charge in [-0.3, -0.25) is 5.84 Å². The molecule has 118 valence electrons. The van der Waals surface area contributed by atoms with Crippen LogP contribution in [0, 0.1) is 0 Å². The standard InChI is InChI=1S/C15H18N2O5/c1-17(16)12-7-9-3-4-10(21-2)8-11(9)15(12)22-14(20)6-5-13(18)19/h3-6,8,12,15H,7,16H2,1-2H3,(H,18,19)/b6-5-. The Morgan fingerprint density at radius 3 is 2.73 bits per heavy atom. The summed E-state index contributed by atoms with van der Waals surface area (Å²) in [5.41, 5.74) is 1.84. The van der Waals surface area contributed by atoms with Crippen LogP contribution in [-0.2, 0) is 20.7 Å². The van der Waals surface area contributed by atoms with Crippen molar-refractivity contribution in [3.8, 4) is 5.75 Å². The van der Waals surface area contributed by atoms with Crippen LogP contribution in [-0.4, -0.2) is 42.3 Å². The number of aliphatic carboxylic acids is 1. The third-order valence-electron chi connectivity index (χ3n) is 3.57. The Morgan fingerprint density at radius 1 is 1.41 bits per heavy atom. The van der Waals surface area contributed by atoms with Gasteiger partial charge in [0.1, 0.15) is 11.9 Å². The first kappa shape index (κ1) is 16.0. The number of carbonyl (C=O) groups is 2. The van der Waals surface area contributed by atoms with Gasteiger partial charge in [0.25, 0.3) is 0 Å². The lowest BCUT2D eigenvalue weighted by atomic mass is 10.1. The molecule has 1 aliphatic carbocycles. The number of nitrogens with two attached hydrogens (primary N) is 1. The predicted molar refractivity (Wildman–Crippen MR) is 78.0 cm³/mol. The second-order valence-corrected chi connectivity index (χ2v) is 5.03. The number of hydrazine groups is 1. The molecule has 1 aliphatic rings. The number of carboxylic acids is 1. The molecule has 7 nitrogen and oxygen atoms in total. The molecule has 0 heterocycles. The predicted octanol–water partition coefficient (Wildman–Crippen LogP) is 0.650. The number of esters is 1. The molecule has 0 amide bonds. The molecule has 0 fully saturated rings. The SMILES string of the molecule is COc1ccc2c(c1)C(OC(=O)/C=C\C(=O)O)C(N(C)N)C2. The molecule has 22 heavy (non-hydrogen) atoms. The van der Waals surface area contributed by atoms with Crippen LogP contribution < -0.4 is 10.6 Å². The molecule has 0 aliphatic heterocycles. The van der Waals surface area contributed by atoms with Crippen LogP contribution in [0.1, 0.15) is 17.2 Å². The van der Waals surface area contributed by atoms with Gasteiger partial charge in [-0.1, -0.05) is 6.07 Å². The van der Waals surface area contributed by atoms with E-state index in [2.05, 4.69) is 0 Å². The van der Waals surface area contributed by atoms with Gasteiger partial charge in [-0.25, -0.2) is 14.6 Å². The summed E-state index contributed by atoms with van der Waals surface area (Å²) in [5, 5.41) is 10.0. The molecule has 1 aromatic rings. The smallest absolute Gasteiger partial charge is 0.331 e. The summed E-state index contributed by atoms with van der Waals surface area (Å²) in [4.78, 5) is 22.2. The third-order valence-corrected chi connectivity index (χ3v) is 3.57. The number of likely N-dealkylation sites (N-methyl/N-ethyl adjacent to an activating group) is 1. The van der Waals surface area contributed by atoms with Crippen LogP contribution in [0.2, 0.25) is 0 Å². The van der Waals surface area contributed by atoms with E-state index in [0.29, 0.717) is 12.2 Å². The number of ether oxygens (including phenoxy) is 2. The third kappa shape index (κ3) is 3.44. The molecule has 2 unspecified atom stereocenters. The molecule has 7 heteroatoms. The van der Waals surface area contributed by atoms with Crippen molar-refractivity contribution in [3.05, 3.63) is 41.5 Å². The molecule has 2 rings (SSSR count). The van der Waals surface area contributed by atoms with Crippen LogP contribution in [0.15, 0.2) is 30.4 Å². The van der Waals surface area contributed by atoms with E-state index in [1.807, 2.05) is 12.1 Å². The number of methoxy groups -OCH3 is 1. The summed E-state index contributed by atoms with van der Waals surface area (Å²) in [6.45, 7) is 0. The first-order chi connectivity index (χ1) is 10.4. The zero-order valence-corrected chi connectivity index (χ0v) is 12.4. The molecule has 1 aromatic carbocycles. The number of hydrogen-bond donors (Lipinski definition) is 2. The summed E-state index contributed by atoms with van der Waals surface area (Å²) in [6, 6.07) is 5.33. The Kier molecular flexibility index (Phi) is 4.79. The molecule has 0 bridgehead atoms. The van der Waals surface area contributed by atoms with Gasteiger partial charge in [-0.15, -0.1) is 0 Å². The van der Waals surface area contributed by atoms with Crippen molar-refractivity contribution in [1.82, 2.24) is 5.01 Å². The fourth-order valence-electron chi connectivity index (χ4n) is 2.49. The summed E-state index contributed by atoms with van der Waals surface area (Å²) < 4.78 is 10.6. The molecule has 0 saturated carbocycles. The summed E-state index contributed by atoms with van der Waals surface area (Å²) >= 11 is 0. The Labute approximate surface area is 127 Å². The molecule has 3 N–H and O–H groups in total. The first-order valence-electron chi connectivity index (χ1n) is 6.68. The van der Waals surface area contributed by atoms with Gasteiger partial charge in [0.15, 0.2) is 0 Å². The van der Waals surface area contributed by atoms with E-state index < -0.39 is 18.0 Å². The minimum absolute atomic E-state index is 0.218. The van der Waals surface area contributed by atoms with E-state index in [1.165, 1.54) is 5.01 Å². The van der Waals surface area contributed by atoms with E-state index in [4.69, 9.17) is 20.4 Å². The highest BCUT2D eigenvalue weighted by molar-refractivity contribution is 5.90. The Balaban J connectivity index is 2.26. The van der Waals surface area contributed by atoms with Crippen molar-refractivity contribution in [2.24, 2.45) is 5.84 Å². The van der Waals surface area contributed by atoms with Crippen LogP contribution in [0.4, 0.5) is 0 Å². The number of benzene rings is 1. The largest absolute Gasteiger partial charge is 0.497 e. The quantitative estimate of drug-likeness (QED) is 0.356. The van der Waals surface area contributed by atoms with Crippen molar-refractivity contribution in [2.45, 2.75) is 18.6 Å². The van der Waals surface area contributed by atoms with Crippen LogP contribution in [0.3, 0.4) is 0 Å². The lowest BCUT2D eigenvalue weighted by molar-refractivity contribution is -0.146. The molecule has 0 radical (unpaired) electrons. The molecule has 0 saturated heterocycles. The van der Waals surface area contributed by atoms with Crippen LogP contribution in [0.25, 0.3) is 0 Å². The maximum Gasteiger partial charge on any atom is 0.331 e. The maximum atomic E-state index is 11.8. The second-order valence-electron chi connectivity index (χ2n) is 5.03. The minimum atomic E-state index is -1.21. The van der Waals surface area contributed by atoms with E-state index in [9.17, 15) is 9.59 Å². The first-order valence-corrected chi connectivity index (χ1v) is 6.68. The van der Waals surface area contributed by atoms with Gasteiger partial charge in [0.05, 0.1) is 13.2 Å². The Morgan fingerprint density at radius 2 is 2.14 bits per heavy atom. The number of rotatable bonds is 5. The molecule has 0 spiro atoms. The highest BCUT2D eigenvalue weighted by Gasteiger charge is 2.37. The van der Waals surface area contributed by atoms with Crippen LogP contribution in [0.5, 0.6) is 5.75 Å². The normalized spacial score (nSPS) is 20.2. The Bertz CT molecular complexity index is 612. The Hall–Kier alpha value is -2.38. The molecular weight excluding hydrogens is 288 g/mol. The zero-order chi connectivity index (χ0) is 16.3. The summed E-state index contributed by atoms with van der Waals surface area (Å²) in [7, 11) is 3.25. The van der Waals surface area contributed by atoms with Gasteiger partial charge >= 0.3 is 11.9 Å². The van der Waals surface area contributed by atoms with Crippen molar-refractivity contribution in [3.63, 3.8) is 0 Å². The van der Waals surface area contributed by atoms with E-state index in [0.717, 1.165) is 23.3 Å². The van der Waals surface area contributed by atoms with Gasteiger partial charge in [-0.2, -0.15) is 0 Å². The van der Waals surface area contributed by atoms with Gasteiger partial charge in [0.2, 0.25) is 0 Å². The summed E-state index contributed by atoms with van der Waals surface area (Å²) in [6.07, 6.45) is 1.68. The van der Waals surface area contributed by atoms with Crippen molar-refractivity contribution in [2.75, 3.05) is 14.2 Å². The highest BCUT2D eigenvalue weighted by Crippen LogP contribution is 2.38. The van der Waals surface area contributed by atoms with Crippen LogP contribution >= 0.6 is 0 Å². The van der Waals surface area contributed by atoms with E-state index >= 15 is 0 Å². The lowest BCUT2D eigenvalue weighted by Gasteiger charge is -2.25. The number of nitrogens with zero attached hydrogens (tertiary/aromatic N) is 1.